The van der Waals surface area contributed by atoms with Gasteiger partial charge in [-0.25, -0.2) is 0 Å². The molecular weight excluding hydrogens is 479 g/mol. The summed E-state index contributed by atoms with van der Waals surface area (Å²) in [4.78, 5) is 29.0. The molecule has 0 heterocycles. The van der Waals surface area contributed by atoms with Crippen LogP contribution in [0.1, 0.15) is 43.0 Å². The largest absolute Gasteiger partial charge is 0.350 e. The third-order valence-electron chi connectivity index (χ3n) is 5.58. The van der Waals surface area contributed by atoms with Crippen LogP contribution in [0.3, 0.4) is 0 Å². The summed E-state index contributed by atoms with van der Waals surface area (Å²) >= 11 is 12.4. The van der Waals surface area contributed by atoms with Crippen LogP contribution in [-0.4, -0.2) is 28.3 Å². The van der Waals surface area contributed by atoms with E-state index in [0.29, 0.717) is 16.5 Å². The van der Waals surface area contributed by atoms with Crippen molar-refractivity contribution in [2.75, 3.05) is 0 Å². The maximum Gasteiger partial charge on any atom is 0.243 e. The fraction of sp³-hybridized carbons (Fsp3) is 0.310. The van der Waals surface area contributed by atoms with Crippen molar-refractivity contribution in [3.05, 3.63) is 105 Å². The molecule has 0 aliphatic rings. The minimum absolute atomic E-state index is 0.134. The van der Waals surface area contributed by atoms with E-state index in [-0.39, 0.29) is 24.8 Å². The van der Waals surface area contributed by atoms with Crippen molar-refractivity contribution in [2.45, 2.75) is 58.7 Å². The first-order valence-corrected chi connectivity index (χ1v) is 12.4. The topological polar surface area (TPSA) is 49.4 Å². The van der Waals surface area contributed by atoms with Crippen LogP contribution >= 0.6 is 23.2 Å². The molecule has 0 saturated heterocycles. The van der Waals surface area contributed by atoms with Crippen LogP contribution in [0, 0.1) is 6.92 Å². The Morgan fingerprint density at radius 1 is 0.857 bits per heavy atom. The lowest BCUT2D eigenvalue weighted by Gasteiger charge is -2.34. The Balaban J connectivity index is 2.00. The fourth-order valence-electron chi connectivity index (χ4n) is 3.82. The van der Waals surface area contributed by atoms with Gasteiger partial charge in [-0.15, -0.1) is 0 Å². The average Bonchev–Trinajstić information content (AvgIpc) is 2.79. The molecule has 0 aliphatic carbocycles. The van der Waals surface area contributed by atoms with E-state index in [1.165, 1.54) is 0 Å². The second kappa shape index (κ2) is 11.7. The van der Waals surface area contributed by atoms with Crippen molar-refractivity contribution in [3.63, 3.8) is 0 Å². The highest BCUT2D eigenvalue weighted by atomic mass is 35.5. The molecule has 0 bridgehead atoms. The lowest BCUT2D eigenvalue weighted by Crippen LogP contribution is -2.54. The number of aryl methyl sites for hydroxylation is 1. The summed E-state index contributed by atoms with van der Waals surface area (Å²) < 4.78 is 0. The molecule has 0 unspecified atom stereocenters. The van der Waals surface area contributed by atoms with Gasteiger partial charge in [0.2, 0.25) is 11.8 Å². The first-order valence-electron chi connectivity index (χ1n) is 11.7. The van der Waals surface area contributed by atoms with Crippen molar-refractivity contribution >= 4 is 35.0 Å². The van der Waals surface area contributed by atoms with Crippen LogP contribution in [-0.2, 0) is 29.0 Å². The monoisotopic (exact) mass is 510 g/mol. The van der Waals surface area contributed by atoms with E-state index in [9.17, 15) is 9.59 Å². The van der Waals surface area contributed by atoms with Crippen molar-refractivity contribution in [1.82, 2.24) is 10.2 Å². The fourth-order valence-corrected chi connectivity index (χ4v) is 4.14. The summed E-state index contributed by atoms with van der Waals surface area (Å²) in [6.07, 6.45) is 0.583. The summed E-state index contributed by atoms with van der Waals surface area (Å²) in [6, 6.07) is 22.2. The van der Waals surface area contributed by atoms with E-state index in [0.717, 1.165) is 22.3 Å². The van der Waals surface area contributed by atoms with Gasteiger partial charge in [0.15, 0.2) is 0 Å². The highest BCUT2D eigenvalue weighted by molar-refractivity contribution is 6.42. The summed E-state index contributed by atoms with van der Waals surface area (Å²) in [5.74, 6) is -0.330. The summed E-state index contributed by atoms with van der Waals surface area (Å²) in [5.41, 5.74) is 3.36. The smallest absolute Gasteiger partial charge is 0.243 e. The number of rotatable bonds is 8. The molecule has 35 heavy (non-hydrogen) atoms. The molecule has 0 fully saturated rings. The van der Waals surface area contributed by atoms with Gasteiger partial charge in [0.25, 0.3) is 0 Å². The van der Waals surface area contributed by atoms with Crippen molar-refractivity contribution < 1.29 is 9.59 Å². The lowest BCUT2D eigenvalue weighted by molar-refractivity contribution is -0.141. The Kier molecular flexibility index (Phi) is 8.98. The molecule has 0 aromatic heterocycles. The Labute approximate surface area is 218 Å². The van der Waals surface area contributed by atoms with Gasteiger partial charge in [0.05, 0.1) is 16.5 Å². The van der Waals surface area contributed by atoms with Gasteiger partial charge in [-0.05, 0) is 56.5 Å². The zero-order valence-corrected chi connectivity index (χ0v) is 22.2. The maximum absolute atomic E-state index is 13.7. The second-order valence-electron chi connectivity index (χ2n) is 9.88. The molecule has 1 atom stereocenters. The number of nitrogens with zero attached hydrogens (tertiary/aromatic N) is 1. The summed E-state index contributed by atoms with van der Waals surface area (Å²) in [6.45, 7) is 8.04. The highest BCUT2D eigenvalue weighted by Gasteiger charge is 2.32. The van der Waals surface area contributed by atoms with Gasteiger partial charge in [-0.3, -0.25) is 9.59 Å². The quantitative estimate of drug-likeness (QED) is 0.381. The van der Waals surface area contributed by atoms with E-state index in [1.807, 2.05) is 88.4 Å². The molecule has 0 aliphatic heterocycles. The van der Waals surface area contributed by atoms with Crippen LogP contribution < -0.4 is 5.32 Å². The van der Waals surface area contributed by atoms with Gasteiger partial charge < -0.3 is 10.2 Å². The lowest BCUT2D eigenvalue weighted by atomic mass is 9.99. The predicted octanol–water partition coefficient (Wildman–Crippen LogP) is 6.40. The van der Waals surface area contributed by atoms with Gasteiger partial charge in [-0.1, -0.05) is 89.4 Å². The van der Waals surface area contributed by atoms with Gasteiger partial charge in [0.1, 0.15) is 6.04 Å². The Hall–Kier alpha value is -2.82. The van der Waals surface area contributed by atoms with Crippen LogP contribution in [0.2, 0.25) is 10.0 Å². The molecule has 184 valence electrons. The average molecular weight is 511 g/mol. The summed E-state index contributed by atoms with van der Waals surface area (Å²) in [7, 11) is 0. The SMILES string of the molecule is Cc1ccc(CC(=O)N(Cc2ccc(Cl)c(Cl)c2)[C@@H](Cc2ccccc2)C(=O)NC(C)(C)C)cc1. The molecule has 1 N–H and O–H groups in total. The Morgan fingerprint density at radius 2 is 1.49 bits per heavy atom. The Bertz CT molecular complexity index is 1160. The second-order valence-corrected chi connectivity index (χ2v) is 10.7. The zero-order valence-electron chi connectivity index (χ0n) is 20.6. The maximum atomic E-state index is 13.7. The minimum atomic E-state index is -0.705. The third-order valence-corrected chi connectivity index (χ3v) is 6.32. The summed E-state index contributed by atoms with van der Waals surface area (Å²) in [5, 5.41) is 3.93. The van der Waals surface area contributed by atoms with Crippen LogP contribution in [0.15, 0.2) is 72.8 Å². The first-order chi connectivity index (χ1) is 16.5. The molecule has 3 aromatic rings. The van der Waals surface area contributed by atoms with E-state index < -0.39 is 11.6 Å². The molecule has 3 aromatic carbocycles. The van der Waals surface area contributed by atoms with Crippen molar-refractivity contribution in [3.8, 4) is 0 Å². The van der Waals surface area contributed by atoms with E-state index >= 15 is 0 Å². The van der Waals surface area contributed by atoms with E-state index in [2.05, 4.69) is 5.32 Å². The van der Waals surface area contributed by atoms with Crippen LogP contribution in [0.25, 0.3) is 0 Å². The number of carbonyl (C=O) groups excluding carboxylic acids is 2. The van der Waals surface area contributed by atoms with Crippen molar-refractivity contribution in [2.24, 2.45) is 0 Å². The molecule has 0 saturated carbocycles. The molecule has 4 nitrogen and oxygen atoms in total. The van der Waals surface area contributed by atoms with Crippen LogP contribution in [0.5, 0.6) is 0 Å². The van der Waals surface area contributed by atoms with E-state index in [1.54, 1.807) is 17.0 Å². The number of nitrogens with one attached hydrogen (secondary N) is 1. The van der Waals surface area contributed by atoms with Crippen LogP contribution in [0.4, 0.5) is 0 Å². The molecular formula is C29H32Cl2N2O2. The van der Waals surface area contributed by atoms with Crippen molar-refractivity contribution in [1.29, 1.82) is 0 Å². The molecule has 2 amide bonds. The predicted molar refractivity (Wildman–Crippen MR) is 144 cm³/mol. The molecule has 0 radical (unpaired) electrons. The number of carbonyl (C=O) groups is 2. The zero-order chi connectivity index (χ0) is 25.6. The van der Waals surface area contributed by atoms with Gasteiger partial charge >= 0.3 is 0 Å². The molecule has 6 heteroatoms. The number of hydrogen-bond acceptors (Lipinski definition) is 2. The number of benzene rings is 3. The third kappa shape index (κ3) is 8.12. The number of halogens is 2. The Morgan fingerprint density at radius 3 is 2.09 bits per heavy atom. The number of amides is 2. The van der Waals surface area contributed by atoms with Gasteiger partial charge in [-0.2, -0.15) is 0 Å². The van der Waals surface area contributed by atoms with E-state index in [4.69, 9.17) is 23.2 Å². The standard InChI is InChI=1S/C29H32Cl2N2O2/c1-20-10-12-22(13-11-20)18-27(34)33(19-23-14-15-24(30)25(31)16-23)26(28(35)32-29(2,3)4)17-21-8-6-5-7-9-21/h5-16,26H,17-19H2,1-4H3,(H,32,35)/t26-/m0/s1. The number of hydrogen-bond donors (Lipinski definition) is 1. The minimum Gasteiger partial charge on any atom is -0.350 e. The normalized spacial score (nSPS) is 12.2. The highest BCUT2D eigenvalue weighted by Crippen LogP contribution is 2.25. The first kappa shape index (κ1) is 26.8. The molecule has 0 spiro atoms. The van der Waals surface area contributed by atoms with Gasteiger partial charge in [0, 0.05) is 18.5 Å². The molecule has 3 rings (SSSR count).